The fourth-order valence-electron chi connectivity index (χ4n) is 2.15. The van der Waals surface area contributed by atoms with Gasteiger partial charge in [0.1, 0.15) is 0 Å². The topological polar surface area (TPSA) is 40.5 Å². The maximum absolute atomic E-state index is 10.9. The summed E-state index contributed by atoms with van der Waals surface area (Å²) in [7, 11) is 0. The number of benzene rings is 1. The van der Waals surface area contributed by atoms with E-state index in [0.717, 1.165) is 24.3 Å². The first kappa shape index (κ1) is 12.2. The molecule has 1 aliphatic heterocycles. The van der Waals surface area contributed by atoms with Gasteiger partial charge in [0, 0.05) is 13.1 Å². The van der Waals surface area contributed by atoms with Gasteiger partial charge in [-0.3, -0.25) is 4.79 Å². The standard InChI is InChI=1S/C13H16ClNO2/c1-9(13(16)17)10-4-5-12(11(14)8-10)15-6-2-3-7-15/h4-5,8-9H,2-3,6-7H2,1H3,(H,16,17). The van der Waals surface area contributed by atoms with Gasteiger partial charge >= 0.3 is 5.97 Å². The number of halogens is 1. The Labute approximate surface area is 106 Å². The van der Waals surface area contributed by atoms with E-state index in [1.807, 2.05) is 12.1 Å². The molecule has 0 bridgehead atoms. The molecule has 0 saturated carbocycles. The van der Waals surface area contributed by atoms with E-state index in [-0.39, 0.29) is 0 Å². The van der Waals surface area contributed by atoms with Crippen molar-refractivity contribution in [2.45, 2.75) is 25.7 Å². The van der Waals surface area contributed by atoms with Crippen LogP contribution in [0.3, 0.4) is 0 Å². The zero-order valence-electron chi connectivity index (χ0n) is 9.82. The van der Waals surface area contributed by atoms with E-state index >= 15 is 0 Å². The van der Waals surface area contributed by atoms with Gasteiger partial charge in [0.25, 0.3) is 0 Å². The van der Waals surface area contributed by atoms with Crippen LogP contribution in [0.4, 0.5) is 5.69 Å². The van der Waals surface area contributed by atoms with Crippen LogP contribution in [0.25, 0.3) is 0 Å². The molecule has 0 aliphatic carbocycles. The fourth-order valence-corrected chi connectivity index (χ4v) is 2.46. The zero-order valence-corrected chi connectivity index (χ0v) is 10.6. The van der Waals surface area contributed by atoms with Gasteiger partial charge in [0.05, 0.1) is 16.6 Å². The predicted molar refractivity (Wildman–Crippen MR) is 68.9 cm³/mol. The molecule has 4 heteroatoms. The Morgan fingerprint density at radius 1 is 1.41 bits per heavy atom. The third-order valence-electron chi connectivity index (χ3n) is 3.29. The number of hydrogen-bond donors (Lipinski definition) is 1. The van der Waals surface area contributed by atoms with E-state index in [2.05, 4.69) is 4.90 Å². The van der Waals surface area contributed by atoms with Crippen LogP contribution in [0.15, 0.2) is 18.2 Å². The molecule has 17 heavy (non-hydrogen) atoms. The lowest BCUT2D eigenvalue weighted by Gasteiger charge is -2.20. The maximum atomic E-state index is 10.9. The summed E-state index contributed by atoms with van der Waals surface area (Å²) in [5.74, 6) is -1.34. The molecule has 2 rings (SSSR count). The average Bonchev–Trinajstić information content (AvgIpc) is 2.81. The Morgan fingerprint density at radius 3 is 2.59 bits per heavy atom. The van der Waals surface area contributed by atoms with Gasteiger partial charge in [-0.2, -0.15) is 0 Å². The van der Waals surface area contributed by atoms with E-state index in [1.165, 1.54) is 12.8 Å². The Kier molecular flexibility index (Phi) is 3.57. The van der Waals surface area contributed by atoms with Crippen molar-refractivity contribution in [2.75, 3.05) is 18.0 Å². The number of carbonyl (C=O) groups is 1. The van der Waals surface area contributed by atoms with Crippen molar-refractivity contribution < 1.29 is 9.90 Å². The first-order valence-electron chi connectivity index (χ1n) is 5.87. The Balaban J connectivity index is 2.25. The summed E-state index contributed by atoms with van der Waals surface area (Å²) in [6.07, 6.45) is 2.40. The van der Waals surface area contributed by atoms with E-state index in [9.17, 15) is 4.79 Å². The second-order valence-electron chi connectivity index (χ2n) is 4.46. The molecule has 1 aliphatic rings. The summed E-state index contributed by atoms with van der Waals surface area (Å²) in [5.41, 5.74) is 1.77. The van der Waals surface area contributed by atoms with Gasteiger partial charge in [-0.25, -0.2) is 0 Å². The number of carboxylic acid groups (broad SMARTS) is 1. The van der Waals surface area contributed by atoms with Gasteiger partial charge in [-0.15, -0.1) is 0 Å². The van der Waals surface area contributed by atoms with Crippen LogP contribution in [-0.2, 0) is 4.79 Å². The van der Waals surface area contributed by atoms with Gasteiger partial charge in [-0.05, 0) is 37.5 Å². The SMILES string of the molecule is CC(C(=O)O)c1ccc(N2CCCC2)c(Cl)c1. The molecule has 0 spiro atoms. The highest BCUT2D eigenvalue weighted by Crippen LogP contribution is 2.31. The molecule has 1 atom stereocenters. The van der Waals surface area contributed by atoms with Crippen LogP contribution in [0.2, 0.25) is 5.02 Å². The third-order valence-corrected chi connectivity index (χ3v) is 3.59. The highest BCUT2D eigenvalue weighted by molar-refractivity contribution is 6.33. The Morgan fingerprint density at radius 2 is 2.06 bits per heavy atom. The average molecular weight is 254 g/mol. The lowest BCUT2D eigenvalue weighted by Crippen LogP contribution is -2.18. The van der Waals surface area contributed by atoms with Gasteiger partial charge in [0.15, 0.2) is 0 Å². The van der Waals surface area contributed by atoms with Crippen molar-refractivity contribution in [1.82, 2.24) is 0 Å². The number of anilines is 1. The van der Waals surface area contributed by atoms with Crippen molar-refractivity contribution in [3.63, 3.8) is 0 Å². The summed E-state index contributed by atoms with van der Waals surface area (Å²) in [4.78, 5) is 13.1. The van der Waals surface area contributed by atoms with Crippen LogP contribution >= 0.6 is 11.6 Å². The van der Waals surface area contributed by atoms with Crippen LogP contribution in [0.5, 0.6) is 0 Å². The third kappa shape index (κ3) is 2.55. The van der Waals surface area contributed by atoms with Gasteiger partial charge in [-0.1, -0.05) is 17.7 Å². The van der Waals surface area contributed by atoms with E-state index in [4.69, 9.17) is 16.7 Å². The molecule has 0 aromatic heterocycles. The fraction of sp³-hybridized carbons (Fsp3) is 0.462. The van der Waals surface area contributed by atoms with E-state index in [1.54, 1.807) is 13.0 Å². The molecule has 1 N–H and O–H groups in total. The summed E-state index contributed by atoms with van der Waals surface area (Å²) in [6, 6.07) is 5.56. The highest BCUT2D eigenvalue weighted by atomic mass is 35.5. The summed E-state index contributed by atoms with van der Waals surface area (Å²) in [6.45, 7) is 3.74. The monoisotopic (exact) mass is 253 g/mol. The Hall–Kier alpha value is -1.22. The molecular formula is C13H16ClNO2. The maximum Gasteiger partial charge on any atom is 0.310 e. The quantitative estimate of drug-likeness (QED) is 0.900. The van der Waals surface area contributed by atoms with Crippen LogP contribution in [0.1, 0.15) is 31.2 Å². The lowest BCUT2D eigenvalue weighted by atomic mass is 10.0. The van der Waals surface area contributed by atoms with Gasteiger partial charge < -0.3 is 10.0 Å². The van der Waals surface area contributed by atoms with Crippen molar-refractivity contribution in [2.24, 2.45) is 0 Å². The second-order valence-corrected chi connectivity index (χ2v) is 4.87. The molecule has 0 amide bonds. The first-order chi connectivity index (χ1) is 8.09. The minimum absolute atomic E-state index is 0.514. The highest BCUT2D eigenvalue weighted by Gasteiger charge is 2.18. The molecule has 1 unspecified atom stereocenters. The minimum atomic E-state index is -0.824. The molecule has 1 aromatic rings. The van der Waals surface area contributed by atoms with Crippen LogP contribution < -0.4 is 4.90 Å². The number of nitrogens with zero attached hydrogens (tertiary/aromatic N) is 1. The zero-order chi connectivity index (χ0) is 12.4. The lowest BCUT2D eigenvalue weighted by molar-refractivity contribution is -0.138. The molecule has 3 nitrogen and oxygen atoms in total. The molecule has 1 saturated heterocycles. The largest absolute Gasteiger partial charge is 0.481 e. The summed E-state index contributed by atoms with van der Waals surface area (Å²) >= 11 is 6.22. The molecule has 1 fully saturated rings. The summed E-state index contributed by atoms with van der Waals surface area (Å²) in [5, 5.41) is 9.60. The van der Waals surface area contributed by atoms with Crippen LogP contribution in [-0.4, -0.2) is 24.2 Å². The molecule has 1 heterocycles. The molecule has 0 radical (unpaired) electrons. The number of aliphatic carboxylic acids is 1. The van der Waals surface area contributed by atoms with Gasteiger partial charge in [0.2, 0.25) is 0 Å². The predicted octanol–water partition coefficient (Wildman–Crippen LogP) is 3.13. The molecule has 1 aromatic carbocycles. The second kappa shape index (κ2) is 4.96. The number of carboxylic acids is 1. The van der Waals surface area contributed by atoms with Crippen molar-refractivity contribution >= 4 is 23.3 Å². The summed E-state index contributed by atoms with van der Waals surface area (Å²) < 4.78 is 0. The molecular weight excluding hydrogens is 238 g/mol. The van der Waals surface area contributed by atoms with Crippen molar-refractivity contribution in [3.8, 4) is 0 Å². The normalized spacial score (nSPS) is 17.2. The van der Waals surface area contributed by atoms with E-state index in [0.29, 0.717) is 5.02 Å². The number of rotatable bonds is 3. The molecule has 92 valence electrons. The van der Waals surface area contributed by atoms with E-state index < -0.39 is 11.9 Å². The van der Waals surface area contributed by atoms with Crippen LogP contribution in [0, 0.1) is 0 Å². The minimum Gasteiger partial charge on any atom is -0.481 e. The van der Waals surface area contributed by atoms with Crippen molar-refractivity contribution in [1.29, 1.82) is 0 Å². The number of hydrogen-bond acceptors (Lipinski definition) is 2. The smallest absolute Gasteiger partial charge is 0.310 e. The first-order valence-corrected chi connectivity index (χ1v) is 6.24. The Bertz CT molecular complexity index is 427. The van der Waals surface area contributed by atoms with Crippen molar-refractivity contribution in [3.05, 3.63) is 28.8 Å².